The van der Waals surface area contributed by atoms with E-state index in [1.54, 1.807) is 66.7 Å². The van der Waals surface area contributed by atoms with Crippen molar-refractivity contribution in [2.45, 2.75) is 0 Å². The van der Waals surface area contributed by atoms with Crippen molar-refractivity contribution in [1.29, 1.82) is 0 Å². The molecule has 4 nitrogen and oxygen atoms in total. The number of carbonyl (C=O) groups is 3. The van der Waals surface area contributed by atoms with Crippen LogP contribution in [0.4, 0.5) is 5.69 Å². The molecule has 0 radical (unpaired) electrons. The minimum Gasteiger partial charge on any atom is -0.322 e. The lowest BCUT2D eigenvalue weighted by molar-refractivity contribution is 0.0979. The lowest BCUT2D eigenvalue weighted by atomic mass is 9.84. The smallest absolute Gasteiger partial charge is 0.255 e. The Kier molecular flexibility index (Phi) is 4.01. The third kappa shape index (κ3) is 2.76. The van der Waals surface area contributed by atoms with Crippen LogP contribution in [0.15, 0.2) is 71.2 Å². The third-order valence-corrected chi connectivity index (χ3v) is 4.82. The van der Waals surface area contributed by atoms with E-state index >= 15 is 0 Å². The zero-order chi connectivity index (χ0) is 18.3. The lowest BCUT2D eigenvalue weighted by Crippen LogP contribution is -2.21. The minimum absolute atomic E-state index is 0.180. The second-order valence-corrected chi connectivity index (χ2v) is 6.84. The number of rotatable bonds is 2. The summed E-state index contributed by atoms with van der Waals surface area (Å²) < 4.78 is 0.880. The molecule has 26 heavy (non-hydrogen) atoms. The molecule has 0 bridgehead atoms. The molecule has 5 heteroatoms. The van der Waals surface area contributed by atoms with Gasteiger partial charge in [-0.05, 0) is 42.5 Å². The normalized spacial score (nSPS) is 12.3. The van der Waals surface area contributed by atoms with E-state index < -0.39 is 0 Å². The Morgan fingerprint density at radius 2 is 1.31 bits per heavy atom. The number of amides is 1. The summed E-state index contributed by atoms with van der Waals surface area (Å²) in [5.41, 5.74) is 2.44. The molecule has 0 aliphatic heterocycles. The van der Waals surface area contributed by atoms with E-state index in [4.69, 9.17) is 0 Å². The van der Waals surface area contributed by atoms with Gasteiger partial charge in [-0.3, -0.25) is 14.4 Å². The summed E-state index contributed by atoms with van der Waals surface area (Å²) in [5.74, 6) is -0.677. The summed E-state index contributed by atoms with van der Waals surface area (Å²) in [7, 11) is 0. The number of nitrogens with one attached hydrogen (secondary N) is 1. The van der Waals surface area contributed by atoms with Crippen LogP contribution in [0, 0.1) is 0 Å². The number of carbonyl (C=O) groups excluding carboxylic acids is 3. The first kappa shape index (κ1) is 16.4. The maximum Gasteiger partial charge on any atom is 0.255 e. The Labute approximate surface area is 158 Å². The van der Waals surface area contributed by atoms with Gasteiger partial charge in [-0.15, -0.1) is 0 Å². The molecule has 0 aromatic heterocycles. The van der Waals surface area contributed by atoms with Gasteiger partial charge in [-0.25, -0.2) is 0 Å². The molecule has 1 aliphatic carbocycles. The van der Waals surface area contributed by atoms with Crippen LogP contribution in [0.3, 0.4) is 0 Å². The number of fused-ring (bicyclic) bond motifs is 2. The molecule has 0 unspecified atom stereocenters. The van der Waals surface area contributed by atoms with Crippen LogP contribution in [-0.2, 0) is 0 Å². The van der Waals surface area contributed by atoms with Crippen LogP contribution in [0.2, 0.25) is 0 Å². The molecule has 4 rings (SSSR count). The number of anilines is 1. The molecule has 1 aliphatic rings. The summed E-state index contributed by atoms with van der Waals surface area (Å²) in [6, 6.07) is 18.5. The van der Waals surface area contributed by atoms with E-state index in [0.717, 1.165) is 4.47 Å². The molecule has 0 atom stereocenters. The number of hydrogen-bond acceptors (Lipinski definition) is 3. The van der Waals surface area contributed by atoms with Crippen molar-refractivity contribution in [3.05, 3.63) is 99.0 Å². The predicted molar refractivity (Wildman–Crippen MR) is 102 cm³/mol. The van der Waals surface area contributed by atoms with E-state index in [-0.39, 0.29) is 17.5 Å². The van der Waals surface area contributed by atoms with Crippen molar-refractivity contribution in [3.8, 4) is 0 Å². The molecule has 1 amide bonds. The first-order valence-corrected chi connectivity index (χ1v) is 8.73. The van der Waals surface area contributed by atoms with Crippen molar-refractivity contribution in [2.75, 3.05) is 5.32 Å². The van der Waals surface area contributed by atoms with Gasteiger partial charge in [-0.1, -0.05) is 40.2 Å². The summed E-state index contributed by atoms with van der Waals surface area (Å²) in [6.45, 7) is 0. The van der Waals surface area contributed by atoms with Gasteiger partial charge in [0.15, 0.2) is 11.6 Å². The quantitative estimate of drug-likeness (QED) is 0.534. The van der Waals surface area contributed by atoms with Crippen molar-refractivity contribution < 1.29 is 14.4 Å². The summed E-state index contributed by atoms with van der Waals surface area (Å²) >= 11 is 3.33. The van der Waals surface area contributed by atoms with Crippen LogP contribution >= 0.6 is 15.9 Å². The zero-order valence-corrected chi connectivity index (χ0v) is 15.0. The fourth-order valence-electron chi connectivity index (χ4n) is 2.98. The first-order chi connectivity index (χ1) is 12.5. The molecular weight excluding hydrogens is 394 g/mol. The predicted octanol–water partition coefficient (Wildman–Crippen LogP) is 4.48. The Morgan fingerprint density at radius 1 is 0.731 bits per heavy atom. The van der Waals surface area contributed by atoms with Crippen LogP contribution in [0.1, 0.15) is 42.2 Å². The van der Waals surface area contributed by atoms with Gasteiger partial charge in [-0.2, -0.15) is 0 Å². The Hall–Kier alpha value is -3.05. The van der Waals surface area contributed by atoms with Gasteiger partial charge in [0.1, 0.15) is 0 Å². The van der Waals surface area contributed by atoms with E-state index in [1.165, 1.54) is 0 Å². The van der Waals surface area contributed by atoms with Crippen LogP contribution in [0.5, 0.6) is 0 Å². The van der Waals surface area contributed by atoms with Gasteiger partial charge in [0, 0.05) is 38.0 Å². The molecule has 1 N–H and O–H groups in total. The molecule has 0 fully saturated rings. The molecule has 0 spiro atoms. The summed E-state index contributed by atoms with van der Waals surface area (Å²) in [6.07, 6.45) is 0. The van der Waals surface area contributed by atoms with Gasteiger partial charge < -0.3 is 5.32 Å². The fraction of sp³-hybridized carbons (Fsp3) is 0. The van der Waals surface area contributed by atoms with Crippen LogP contribution in [-0.4, -0.2) is 17.5 Å². The molecule has 126 valence electrons. The second kappa shape index (κ2) is 6.35. The van der Waals surface area contributed by atoms with Gasteiger partial charge >= 0.3 is 0 Å². The van der Waals surface area contributed by atoms with E-state index in [2.05, 4.69) is 21.2 Å². The minimum atomic E-state index is -0.285. The Morgan fingerprint density at radius 3 is 1.96 bits per heavy atom. The second-order valence-electron chi connectivity index (χ2n) is 5.93. The Balaban J connectivity index is 1.67. The maximum absolute atomic E-state index is 12.7. The average molecular weight is 406 g/mol. The standard InChI is InChI=1S/C21H12BrNO3/c22-13-7-5-12(6-8-13)21(26)23-14-9-10-17-18(11-14)20(25)16-4-2-1-3-15(16)19(17)24/h1-11H,(H,23,26). The summed E-state index contributed by atoms with van der Waals surface area (Å²) in [5, 5.41) is 2.77. The first-order valence-electron chi connectivity index (χ1n) is 7.94. The third-order valence-electron chi connectivity index (χ3n) is 4.29. The van der Waals surface area contributed by atoms with E-state index in [1.807, 2.05) is 0 Å². The number of halogens is 1. The van der Waals surface area contributed by atoms with Gasteiger partial charge in [0.25, 0.3) is 5.91 Å². The number of hydrogen-bond donors (Lipinski definition) is 1. The van der Waals surface area contributed by atoms with E-state index in [0.29, 0.717) is 33.5 Å². The highest BCUT2D eigenvalue weighted by molar-refractivity contribution is 9.10. The molecule has 0 saturated carbocycles. The van der Waals surface area contributed by atoms with Crippen LogP contribution in [0.25, 0.3) is 0 Å². The van der Waals surface area contributed by atoms with Crippen molar-refractivity contribution >= 4 is 39.1 Å². The highest BCUT2D eigenvalue weighted by atomic mass is 79.9. The highest BCUT2D eigenvalue weighted by Gasteiger charge is 2.29. The molecule has 0 heterocycles. The highest BCUT2D eigenvalue weighted by Crippen LogP contribution is 2.29. The molecule has 3 aromatic carbocycles. The number of ketones is 2. The zero-order valence-electron chi connectivity index (χ0n) is 13.5. The van der Waals surface area contributed by atoms with Crippen molar-refractivity contribution in [1.82, 2.24) is 0 Å². The maximum atomic E-state index is 12.7. The molecular formula is C21H12BrNO3. The largest absolute Gasteiger partial charge is 0.322 e. The SMILES string of the molecule is O=C(Nc1ccc2c(c1)C(=O)c1ccccc1C2=O)c1ccc(Br)cc1. The summed E-state index contributed by atoms with van der Waals surface area (Å²) in [4.78, 5) is 37.7. The van der Waals surface area contributed by atoms with Crippen molar-refractivity contribution in [3.63, 3.8) is 0 Å². The molecule has 0 saturated heterocycles. The topological polar surface area (TPSA) is 63.2 Å². The monoisotopic (exact) mass is 405 g/mol. The Bertz CT molecular complexity index is 1070. The van der Waals surface area contributed by atoms with Gasteiger partial charge in [0.2, 0.25) is 0 Å². The van der Waals surface area contributed by atoms with E-state index in [9.17, 15) is 14.4 Å². The average Bonchev–Trinajstić information content (AvgIpc) is 2.66. The molecule has 3 aromatic rings. The van der Waals surface area contributed by atoms with Crippen LogP contribution < -0.4 is 5.32 Å². The number of benzene rings is 3. The van der Waals surface area contributed by atoms with Gasteiger partial charge in [0.05, 0.1) is 0 Å². The lowest BCUT2D eigenvalue weighted by Gasteiger charge is -2.18. The van der Waals surface area contributed by atoms with Crippen molar-refractivity contribution in [2.24, 2.45) is 0 Å². The fourth-order valence-corrected chi connectivity index (χ4v) is 3.25.